The van der Waals surface area contributed by atoms with E-state index in [9.17, 15) is 9.18 Å². The maximum absolute atomic E-state index is 14.8. The number of amides is 1. The monoisotopic (exact) mass is 494 g/mol. The number of fused-ring (bicyclic) bond motifs is 2. The fourth-order valence-electron chi connectivity index (χ4n) is 6.25. The standard InChI is InChI=1S/C28H35FN4O3/c1-32-8-7-19-14-33(15-22(19)28(32)34)26-10-24(31-25-11-27(35-2)23(29)9-21(25)26)18-3-5-20(6-4-18)36-16-17-12-30-13-17/h3,5,9,11,17,19,22,26,30H,4,6-8,10,12-16H2,1-2H3. The largest absolute Gasteiger partial charge is 0.498 e. The van der Waals surface area contributed by atoms with Crippen molar-refractivity contribution in [3.05, 3.63) is 47.0 Å². The van der Waals surface area contributed by atoms with Crippen LogP contribution in [0.5, 0.6) is 5.75 Å². The van der Waals surface area contributed by atoms with Crippen molar-refractivity contribution in [2.45, 2.75) is 31.7 Å². The van der Waals surface area contributed by atoms with Gasteiger partial charge >= 0.3 is 0 Å². The molecule has 7 nitrogen and oxygen atoms in total. The van der Waals surface area contributed by atoms with E-state index in [4.69, 9.17) is 14.5 Å². The molecule has 8 heteroatoms. The Morgan fingerprint density at radius 2 is 2.06 bits per heavy atom. The van der Waals surface area contributed by atoms with Crippen LogP contribution in [0.1, 0.15) is 37.3 Å². The number of aliphatic imine (C=N–C) groups is 1. The average molecular weight is 495 g/mol. The van der Waals surface area contributed by atoms with Crippen LogP contribution in [-0.4, -0.2) is 74.9 Å². The van der Waals surface area contributed by atoms with E-state index in [2.05, 4.69) is 22.4 Å². The molecule has 1 aromatic carbocycles. The molecule has 0 aromatic heterocycles. The summed E-state index contributed by atoms with van der Waals surface area (Å²) in [4.78, 5) is 22.1. The number of rotatable bonds is 6. The van der Waals surface area contributed by atoms with E-state index in [1.54, 1.807) is 12.1 Å². The summed E-state index contributed by atoms with van der Waals surface area (Å²) in [6, 6.07) is 3.30. The van der Waals surface area contributed by atoms with Gasteiger partial charge in [-0.05, 0) is 42.0 Å². The third-order valence-electron chi connectivity index (χ3n) is 8.59. The number of carbonyl (C=O) groups excluding carboxylic acids is 1. The summed E-state index contributed by atoms with van der Waals surface area (Å²) in [6.45, 7) is 5.24. The van der Waals surface area contributed by atoms with Crippen LogP contribution in [-0.2, 0) is 9.53 Å². The molecule has 0 radical (unpaired) electrons. The summed E-state index contributed by atoms with van der Waals surface area (Å²) in [5.41, 5.74) is 3.90. The molecule has 0 saturated carbocycles. The van der Waals surface area contributed by atoms with Crippen LogP contribution in [0.2, 0.25) is 0 Å². The van der Waals surface area contributed by atoms with Gasteiger partial charge in [-0.1, -0.05) is 6.08 Å². The molecule has 3 saturated heterocycles. The van der Waals surface area contributed by atoms with E-state index in [1.165, 1.54) is 12.7 Å². The van der Waals surface area contributed by atoms with Gasteiger partial charge in [0.2, 0.25) is 5.91 Å². The lowest BCUT2D eigenvalue weighted by Gasteiger charge is -2.34. The van der Waals surface area contributed by atoms with Gasteiger partial charge < -0.3 is 19.7 Å². The minimum atomic E-state index is -0.365. The van der Waals surface area contributed by atoms with Crippen LogP contribution < -0.4 is 10.1 Å². The maximum Gasteiger partial charge on any atom is 0.227 e. The third kappa shape index (κ3) is 4.34. The number of carbonyl (C=O) groups is 1. The Morgan fingerprint density at radius 3 is 2.78 bits per heavy atom. The SMILES string of the molecule is COc1cc2c(cc1F)C(N1CC3CCN(C)C(=O)C3C1)CC(C1=CC=C(OCC3CNC3)CC1)=N2. The van der Waals surface area contributed by atoms with Crippen LogP contribution in [0, 0.1) is 23.6 Å². The number of halogens is 1. The molecule has 6 rings (SSSR count). The van der Waals surface area contributed by atoms with Gasteiger partial charge in [0, 0.05) is 76.4 Å². The Morgan fingerprint density at radius 1 is 1.19 bits per heavy atom. The molecule has 0 bridgehead atoms. The fourth-order valence-corrected chi connectivity index (χ4v) is 6.25. The fraction of sp³-hybridized carbons (Fsp3) is 0.571. The highest BCUT2D eigenvalue weighted by molar-refractivity contribution is 6.04. The maximum atomic E-state index is 14.8. The van der Waals surface area contributed by atoms with E-state index in [0.717, 1.165) is 74.8 Å². The minimum Gasteiger partial charge on any atom is -0.498 e. The first-order valence-corrected chi connectivity index (χ1v) is 13.2. The van der Waals surface area contributed by atoms with Crippen LogP contribution in [0.25, 0.3) is 0 Å². The van der Waals surface area contributed by atoms with Crippen molar-refractivity contribution in [1.29, 1.82) is 0 Å². The quantitative estimate of drug-likeness (QED) is 0.655. The first-order valence-electron chi connectivity index (χ1n) is 13.2. The van der Waals surface area contributed by atoms with Gasteiger partial charge in [-0.3, -0.25) is 14.7 Å². The first kappa shape index (κ1) is 23.7. The van der Waals surface area contributed by atoms with E-state index < -0.39 is 0 Å². The molecule has 5 aliphatic rings. The summed E-state index contributed by atoms with van der Waals surface area (Å²) in [7, 11) is 3.38. The van der Waals surface area contributed by atoms with Gasteiger partial charge in [0.05, 0.1) is 31.1 Å². The van der Waals surface area contributed by atoms with Crippen LogP contribution >= 0.6 is 0 Å². The van der Waals surface area contributed by atoms with Crippen molar-refractivity contribution < 1.29 is 18.7 Å². The number of likely N-dealkylation sites (tertiary alicyclic amines) is 2. The second-order valence-electron chi connectivity index (χ2n) is 10.9. The van der Waals surface area contributed by atoms with Gasteiger partial charge in [-0.25, -0.2) is 4.39 Å². The minimum absolute atomic E-state index is 0.00902. The number of benzene rings is 1. The van der Waals surface area contributed by atoms with Gasteiger partial charge in [0.15, 0.2) is 11.6 Å². The molecule has 0 spiro atoms. The van der Waals surface area contributed by atoms with Gasteiger partial charge in [-0.15, -0.1) is 0 Å². The Labute approximate surface area is 212 Å². The average Bonchev–Trinajstić information content (AvgIpc) is 3.30. The molecule has 4 heterocycles. The van der Waals surface area contributed by atoms with Gasteiger partial charge in [0.25, 0.3) is 0 Å². The molecule has 3 atom stereocenters. The van der Waals surface area contributed by atoms with Crippen LogP contribution in [0.15, 0.2) is 40.6 Å². The van der Waals surface area contributed by atoms with Crippen LogP contribution in [0.4, 0.5) is 10.1 Å². The second kappa shape index (κ2) is 9.63. The number of methoxy groups -OCH3 is 1. The molecule has 1 N–H and O–H groups in total. The smallest absolute Gasteiger partial charge is 0.227 e. The second-order valence-corrected chi connectivity index (χ2v) is 10.9. The zero-order valence-electron chi connectivity index (χ0n) is 21.1. The normalized spacial score (nSPS) is 28.5. The number of piperidine rings is 1. The predicted molar refractivity (Wildman–Crippen MR) is 136 cm³/mol. The Balaban J connectivity index is 1.27. The van der Waals surface area contributed by atoms with Gasteiger partial charge in [0.1, 0.15) is 0 Å². The van der Waals surface area contributed by atoms with E-state index in [1.807, 2.05) is 11.9 Å². The Hall–Kier alpha value is -2.71. The molecule has 4 aliphatic heterocycles. The van der Waals surface area contributed by atoms with Crippen molar-refractivity contribution in [3.8, 4) is 5.75 Å². The number of ether oxygens (including phenoxy) is 2. The number of hydrogen-bond donors (Lipinski definition) is 1. The third-order valence-corrected chi connectivity index (χ3v) is 8.59. The Kier molecular flexibility index (Phi) is 6.33. The molecule has 3 fully saturated rings. The topological polar surface area (TPSA) is 66.4 Å². The number of hydrogen-bond acceptors (Lipinski definition) is 6. The van der Waals surface area contributed by atoms with Crippen molar-refractivity contribution in [2.24, 2.45) is 22.7 Å². The zero-order chi connectivity index (χ0) is 24.8. The van der Waals surface area contributed by atoms with Gasteiger partial charge in [-0.2, -0.15) is 0 Å². The van der Waals surface area contributed by atoms with E-state index in [0.29, 0.717) is 24.8 Å². The number of nitrogens with zero attached hydrogens (tertiary/aromatic N) is 3. The number of nitrogens with one attached hydrogen (secondary N) is 1. The highest BCUT2D eigenvalue weighted by atomic mass is 19.1. The highest BCUT2D eigenvalue weighted by Gasteiger charge is 2.45. The predicted octanol–water partition coefficient (Wildman–Crippen LogP) is 3.60. The zero-order valence-corrected chi connectivity index (χ0v) is 21.1. The van der Waals surface area contributed by atoms with Crippen molar-refractivity contribution in [1.82, 2.24) is 15.1 Å². The summed E-state index contributed by atoms with van der Waals surface area (Å²) < 4.78 is 26.1. The highest BCUT2D eigenvalue weighted by Crippen LogP contribution is 2.45. The molecule has 1 aliphatic carbocycles. The number of allylic oxidation sites excluding steroid dienone is 4. The molecule has 192 valence electrons. The molecule has 1 aromatic rings. The molecule has 1 amide bonds. The summed E-state index contributed by atoms with van der Waals surface area (Å²) in [5.74, 6) is 2.13. The van der Waals surface area contributed by atoms with E-state index >= 15 is 0 Å². The molecule has 36 heavy (non-hydrogen) atoms. The summed E-state index contributed by atoms with van der Waals surface area (Å²) >= 11 is 0. The van der Waals surface area contributed by atoms with Crippen molar-refractivity contribution in [2.75, 3.05) is 53.5 Å². The lowest BCUT2D eigenvalue weighted by atomic mass is 9.88. The van der Waals surface area contributed by atoms with Crippen molar-refractivity contribution >= 4 is 17.3 Å². The lowest BCUT2D eigenvalue weighted by molar-refractivity contribution is -0.137. The lowest BCUT2D eigenvalue weighted by Crippen LogP contribution is -2.44. The van der Waals surface area contributed by atoms with Crippen LogP contribution in [0.3, 0.4) is 0 Å². The first-order chi connectivity index (χ1) is 17.5. The Bertz CT molecular complexity index is 1140. The molecular formula is C28H35FN4O3. The van der Waals surface area contributed by atoms with E-state index in [-0.39, 0.29) is 29.4 Å². The van der Waals surface area contributed by atoms with Crippen molar-refractivity contribution in [3.63, 3.8) is 0 Å². The summed E-state index contributed by atoms with van der Waals surface area (Å²) in [5, 5.41) is 3.28. The molecular weight excluding hydrogens is 459 g/mol. The molecule has 3 unspecified atom stereocenters. The summed E-state index contributed by atoms with van der Waals surface area (Å²) in [6.07, 6.45) is 7.71.